The third kappa shape index (κ3) is 9.17. The molecule has 174 valence electrons. The summed E-state index contributed by atoms with van der Waals surface area (Å²) in [6.45, 7) is 12.3. The molecule has 0 aliphatic carbocycles. The molecule has 31 heavy (non-hydrogen) atoms. The van der Waals surface area contributed by atoms with Crippen LogP contribution in [-0.2, 0) is 11.3 Å². The number of ether oxygens (including phenoxy) is 1. The molecule has 0 bridgehead atoms. The first-order chi connectivity index (χ1) is 15.0. The highest BCUT2D eigenvalue weighted by atomic mass is 16.5. The maximum atomic E-state index is 11.3. The standard InChI is InChI=1S/C24H41N5O2/c1-4-16-31-22-17-19(3)8-9-21(22)18-28-24(26-5-2)27-12-6-7-13-29-14-10-20(11-15-29)23(25)30/h8-9,17,20H,4-7,10-16,18H2,1-3H3,(H2,25,30)(H2,26,27,28). The van der Waals surface area contributed by atoms with Gasteiger partial charge in [0, 0.05) is 24.6 Å². The summed E-state index contributed by atoms with van der Waals surface area (Å²) in [4.78, 5) is 18.5. The van der Waals surface area contributed by atoms with Crippen molar-refractivity contribution in [3.05, 3.63) is 29.3 Å². The Morgan fingerprint density at radius 3 is 2.68 bits per heavy atom. The first kappa shape index (κ1) is 25.0. The molecule has 1 aliphatic rings. The summed E-state index contributed by atoms with van der Waals surface area (Å²) in [5, 5.41) is 6.77. The van der Waals surface area contributed by atoms with E-state index < -0.39 is 0 Å². The van der Waals surface area contributed by atoms with E-state index in [2.05, 4.69) is 54.5 Å². The Morgan fingerprint density at radius 2 is 2.00 bits per heavy atom. The minimum atomic E-state index is -0.145. The van der Waals surface area contributed by atoms with Gasteiger partial charge in [-0.2, -0.15) is 0 Å². The zero-order chi connectivity index (χ0) is 22.5. The Morgan fingerprint density at radius 1 is 1.23 bits per heavy atom. The number of unbranched alkanes of at least 4 members (excludes halogenated alkanes) is 1. The third-order valence-electron chi connectivity index (χ3n) is 5.62. The average Bonchev–Trinajstić information content (AvgIpc) is 2.76. The normalized spacial score (nSPS) is 15.6. The lowest BCUT2D eigenvalue weighted by Crippen LogP contribution is -2.39. The number of carbonyl (C=O) groups excluding carboxylic acids is 1. The minimum Gasteiger partial charge on any atom is -0.493 e. The molecule has 0 aromatic heterocycles. The van der Waals surface area contributed by atoms with Crippen LogP contribution in [0.1, 0.15) is 57.1 Å². The van der Waals surface area contributed by atoms with Gasteiger partial charge in [0.15, 0.2) is 5.96 Å². The zero-order valence-electron chi connectivity index (χ0n) is 19.6. The SMILES string of the molecule is CCCOc1cc(C)ccc1CN=C(NCC)NCCCCN1CCC(C(N)=O)CC1. The summed E-state index contributed by atoms with van der Waals surface area (Å²) in [5.74, 6) is 1.69. The lowest BCUT2D eigenvalue weighted by Gasteiger charge is -2.30. The summed E-state index contributed by atoms with van der Waals surface area (Å²) in [6, 6.07) is 6.30. The van der Waals surface area contributed by atoms with Crippen LogP contribution in [0.2, 0.25) is 0 Å². The van der Waals surface area contributed by atoms with Gasteiger partial charge in [0.05, 0.1) is 13.2 Å². The van der Waals surface area contributed by atoms with Gasteiger partial charge >= 0.3 is 0 Å². The fourth-order valence-corrected chi connectivity index (χ4v) is 3.75. The number of aryl methyl sites for hydroxylation is 1. The van der Waals surface area contributed by atoms with E-state index in [4.69, 9.17) is 15.5 Å². The molecule has 1 fully saturated rings. The molecule has 0 spiro atoms. The zero-order valence-corrected chi connectivity index (χ0v) is 19.6. The summed E-state index contributed by atoms with van der Waals surface area (Å²) >= 11 is 0. The molecule has 1 aliphatic heterocycles. The van der Waals surface area contributed by atoms with Crippen molar-refractivity contribution in [2.45, 2.75) is 59.4 Å². The van der Waals surface area contributed by atoms with Crippen molar-refractivity contribution in [2.75, 3.05) is 39.3 Å². The Hall–Kier alpha value is -2.28. The van der Waals surface area contributed by atoms with Crippen LogP contribution in [-0.4, -0.2) is 56.1 Å². The van der Waals surface area contributed by atoms with Crippen LogP contribution in [0.25, 0.3) is 0 Å². The number of hydrogen-bond donors (Lipinski definition) is 3. The van der Waals surface area contributed by atoms with E-state index in [1.54, 1.807) is 0 Å². The molecule has 0 saturated carbocycles. The van der Waals surface area contributed by atoms with Crippen molar-refractivity contribution >= 4 is 11.9 Å². The summed E-state index contributed by atoms with van der Waals surface area (Å²) in [6.07, 6.45) is 4.99. The first-order valence-electron chi connectivity index (χ1n) is 11.8. The number of rotatable bonds is 12. The topological polar surface area (TPSA) is 92.0 Å². The van der Waals surface area contributed by atoms with Crippen molar-refractivity contribution in [3.8, 4) is 5.75 Å². The van der Waals surface area contributed by atoms with Crippen molar-refractivity contribution in [2.24, 2.45) is 16.6 Å². The average molecular weight is 432 g/mol. The van der Waals surface area contributed by atoms with Crippen molar-refractivity contribution in [3.63, 3.8) is 0 Å². The number of nitrogens with one attached hydrogen (secondary N) is 2. The number of aliphatic imine (C=N–C) groups is 1. The van der Waals surface area contributed by atoms with Crippen LogP contribution in [0.3, 0.4) is 0 Å². The Balaban J connectivity index is 1.75. The van der Waals surface area contributed by atoms with Gasteiger partial charge in [0.25, 0.3) is 0 Å². The number of hydrogen-bond acceptors (Lipinski definition) is 4. The number of piperidine rings is 1. The number of nitrogens with two attached hydrogens (primary N) is 1. The van der Waals surface area contributed by atoms with E-state index in [1.165, 1.54) is 5.56 Å². The minimum absolute atomic E-state index is 0.0678. The predicted molar refractivity (Wildman–Crippen MR) is 127 cm³/mol. The molecule has 7 heteroatoms. The molecule has 7 nitrogen and oxygen atoms in total. The van der Waals surface area contributed by atoms with Crippen molar-refractivity contribution < 1.29 is 9.53 Å². The van der Waals surface area contributed by atoms with E-state index >= 15 is 0 Å². The molecule has 0 unspecified atom stereocenters. The van der Waals surface area contributed by atoms with Crippen LogP contribution in [0, 0.1) is 12.8 Å². The Bertz CT molecular complexity index is 699. The van der Waals surface area contributed by atoms with Crippen LogP contribution in [0.5, 0.6) is 5.75 Å². The highest BCUT2D eigenvalue weighted by molar-refractivity contribution is 5.79. The number of carbonyl (C=O) groups is 1. The first-order valence-corrected chi connectivity index (χ1v) is 11.8. The van der Waals surface area contributed by atoms with Crippen molar-refractivity contribution in [1.29, 1.82) is 0 Å². The number of nitrogens with zero attached hydrogens (tertiary/aromatic N) is 2. The summed E-state index contributed by atoms with van der Waals surface area (Å²) in [7, 11) is 0. The van der Waals surface area contributed by atoms with Gasteiger partial charge in [-0.25, -0.2) is 4.99 Å². The Kier molecular flexibility index (Phi) is 11.2. The van der Waals surface area contributed by atoms with Gasteiger partial charge < -0.3 is 26.0 Å². The van der Waals surface area contributed by atoms with E-state index in [1.807, 2.05) is 0 Å². The van der Waals surface area contributed by atoms with Crippen LogP contribution >= 0.6 is 0 Å². The molecular weight excluding hydrogens is 390 g/mol. The fraction of sp³-hybridized carbons (Fsp3) is 0.667. The maximum Gasteiger partial charge on any atom is 0.220 e. The van der Waals surface area contributed by atoms with E-state index in [0.717, 1.165) is 88.7 Å². The highest BCUT2D eigenvalue weighted by Gasteiger charge is 2.22. The van der Waals surface area contributed by atoms with Gasteiger partial charge in [-0.3, -0.25) is 4.79 Å². The van der Waals surface area contributed by atoms with Crippen molar-refractivity contribution in [1.82, 2.24) is 15.5 Å². The smallest absolute Gasteiger partial charge is 0.220 e. The maximum absolute atomic E-state index is 11.3. The summed E-state index contributed by atoms with van der Waals surface area (Å²) < 4.78 is 5.91. The molecule has 1 heterocycles. The molecule has 4 N–H and O–H groups in total. The number of primary amides is 1. The summed E-state index contributed by atoms with van der Waals surface area (Å²) in [5.41, 5.74) is 7.72. The monoisotopic (exact) mass is 431 g/mol. The van der Waals surface area contributed by atoms with Crippen LogP contribution in [0.15, 0.2) is 23.2 Å². The van der Waals surface area contributed by atoms with Gasteiger partial charge in [0.1, 0.15) is 5.75 Å². The largest absolute Gasteiger partial charge is 0.493 e. The highest BCUT2D eigenvalue weighted by Crippen LogP contribution is 2.21. The molecule has 0 radical (unpaired) electrons. The van der Waals surface area contributed by atoms with E-state index in [9.17, 15) is 4.79 Å². The second kappa shape index (κ2) is 13.9. The quantitative estimate of drug-likeness (QED) is 0.269. The van der Waals surface area contributed by atoms with Crippen LogP contribution in [0.4, 0.5) is 0 Å². The molecule has 1 aromatic rings. The lowest BCUT2D eigenvalue weighted by molar-refractivity contribution is -0.123. The van der Waals surface area contributed by atoms with Gasteiger partial charge in [-0.05, 0) is 77.2 Å². The Labute approximate surface area is 187 Å². The van der Waals surface area contributed by atoms with Gasteiger partial charge in [-0.15, -0.1) is 0 Å². The van der Waals surface area contributed by atoms with E-state index in [-0.39, 0.29) is 11.8 Å². The van der Waals surface area contributed by atoms with Crippen LogP contribution < -0.4 is 21.1 Å². The third-order valence-corrected chi connectivity index (χ3v) is 5.62. The fourth-order valence-electron chi connectivity index (χ4n) is 3.75. The second-order valence-electron chi connectivity index (χ2n) is 8.31. The molecule has 2 rings (SSSR count). The number of amides is 1. The second-order valence-corrected chi connectivity index (χ2v) is 8.31. The molecular formula is C24H41N5O2. The number of benzene rings is 1. The molecule has 0 atom stereocenters. The van der Waals surface area contributed by atoms with Gasteiger partial charge in [-0.1, -0.05) is 19.1 Å². The number of likely N-dealkylation sites (tertiary alicyclic amines) is 1. The lowest BCUT2D eigenvalue weighted by atomic mass is 9.96. The molecule has 1 saturated heterocycles. The van der Waals surface area contributed by atoms with Gasteiger partial charge in [0.2, 0.25) is 5.91 Å². The molecule has 1 amide bonds. The number of guanidine groups is 1. The van der Waals surface area contributed by atoms with E-state index in [0.29, 0.717) is 6.54 Å². The molecule has 1 aromatic carbocycles. The predicted octanol–water partition coefficient (Wildman–Crippen LogP) is 2.82.